The zero-order valence-corrected chi connectivity index (χ0v) is 13.3. The van der Waals surface area contributed by atoms with Crippen LogP contribution >= 0.6 is 11.3 Å². The number of benzene rings is 1. The van der Waals surface area contributed by atoms with E-state index in [9.17, 15) is 9.18 Å². The van der Waals surface area contributed by atoms with Crippen LogP contribution in [0.4, 0.5) is 4.39 Å². The molecule has 0 unspecified atom stereocenters. The maximum atomic E-state index is 13.8. The SMILES string of the molecule is CCCNC(=O)c1csc(-c2cnn(-c3ccccc3F)c2)n1. The van der Waals surface area contributed by atoms with E-state index in [4.69, 9.17) is 0 Å². The monoisotopic (exact) mass is 330 g/mol. The average molecular weight is 330 g/mol. The molecule has 2 aromatic heterocycles. The molecule has 118 valence electrons. The number of hydrogen-bond donors (Lipinski definition) is 1. The van der Waals surface area contributed by atoms with Crippen molar-refractivity contribution in [3.63, 3.8) is 0 Å². The predicted octanol–water partition coefficient (Wildman–Crippen LogP) is 3.27. The van der Waals surface area contributed by atoms with Gasteiger partial charge in [-0.2, -0.15) is 5.10 Å². The highest BCUT2D eigenvalue weighted by Crippen LogP contribution is 2.24. The van der Waals surface area contributed by atoms with Gasteiger partial charge in [-0.25, -0.2) is 14.1 Å². The smallest absolute Gasteiger partial charge is 0.270 e. The van der Waals surface area contributed by atoms with Crippen LogP contribution in [0.5, 0.6) is 0 Å². The first kappa shape index (κ1) is 15.4. The van der Waals surface area contributed by atoms with Crippen molar-refractivity contribution in [2.75, 3.05) is 6.54 Å². The summed E-state index contributed by atoms with van der Waals surface area (Å²) < 4.78 is 15.2. The number of aromatic nitrogens is 3. The van der Waals surface area contributed by atoms with Crippen LogP contribution in [-0.4, -0.2) is 27.2 Å². The Bertz CT molecular complexity index is 827. The van der Waals surface area contributed by atoms with E-state index in [-0.39, 0.29) is 11.7 Å². The third kappa shape index (κ3) is 3.29. The molecule has 0 spiro atoms. The molecule has 0 aliphatic rings. The highest BCUT2D eigenvalue weighted by atomic mass is 32.1. The average Bonchev–Trinajstić information content (AvgIpc) is 3.22. The molecule has 1 N–H and O–H groups in total. The molecule has 0 atom stereocenters. The maximum absolute atomic E-state index is 13.8. The van der Waals surface area contributed by atoms with Crippen molar-refractivity contribution in [3.05, 3.63) is 53.6 Å². The summed E-state index contributed by atoms with van der Waals surface area (Å²) in [5, 5.41) is 9.34. The number of nitrogens with zero attached hydrogens (tertiary/aromatic N) is 3. The number of halogens is 1. The third-order valence-electron chi connectivity index (χ3n) is 3.20. The molecule has 1 aromatic carbocycles. The first-order valence-corrected chi connectivity index (χ1v) is 8.10. The van der Waals surface area contributed by atoms with Crippen molar-refractivity contribution < 1.29 is 9.18 Å². The van der Waals surface area contributed by atoms with Crippen molar-refractivity contribution >= 4 is 17.2 Å². The number of thiazole rings is 1. The number of hydrogen-bond acceptors (Lipinski definition) is 4. The second-order valence-electron chi connectivity index (χ2n) is 4.92. The lowest BCUT2D eigenvalue weighted by atomic mass is 10.3. The van der Waals surface area contributed by atoms with Gasteiger partial charge in [-0.05, 0) is 18.6 Å². The summed E-state index contributed by atoms with van der Waals surface area (Å²) >= 11 is 1.36. The largest absolute Gasteiger partial charge is 0.351 e. The first-order valence-electron chi connectivity index (χ1n) is 7.22. The zero-order chi connectivity index (χ0) is 16.2. The number of carbonyl (C=O) groups is 1. The molecule has 0 saturated heterocycles. The minimum Gasteiger partial charge on any atom is -0.351 e. The topological polar surface area (TPSA) is 59.8 Å². The molecule has 5 nitrogen and oxygen atoms in total. The summed E-state index contributed by atoms with van der Waals surface area (Å²) in [4.78, 5) is 16.2. The Kier molecular flexibility index (Phi) is 4.47. The van der Waals surface area contributed by atoms with Crippen LogP contribution in [0.1, 0.15) is 23.8 Å². The van der Waals surface area contributed by atoms with E-state index in [1.165, 1.54) is 22.1 Å². The number of carbonyl (C=O) groups excluding carboxylic acids is 1. The van der Waals surface area contributed by atoms with Gasteiger partial charge in [0.05, 0.1) is 6.20 Å². The van der Waals surface area contributed by atoms with Gasteiger partial charge in [0.25, 0.3) is 5.91 Å². The van der Waals surface area contributed by atoms with Crippen molar-refractivity contribution in [2.45, 2.75) is 13.3 Å². The van der Waals surface area contributed by atoms with Gasteiger partial charge in [0.1, 0.15) is 22.2 Å². The highest BCUT2D eigenvalue weighted by Gasteiger charge is 2.13. The Hall–Kier alpha value is -2.54. The summed E-state index contributed by atoms with van der Waals surface area (Å²) in [6.07, 6.45) is 4.18. The maximum Gasteiger partial charge on any atom is 0.270 e. The quantitative estimate of drug-likeness (QED) is 0.781. The van der Waals surface area contributed by atoms with E-state index < -0.39 is 0 Å². The normalized spacial score (nSPS) is 10.7. The second-order valence-corrected chi connectivity index (χ2v) is 5.78. The zero-order valence-electron chi connectivity index (χ0n) is 12.5. The molecule has 0 aliphatic carbocycles. The van der Waals surface area contributed by atoms with Crippen LogP contribution in [0, 0.1) is 5.82 Å². The Morgan fingerprint density at radius 3 is 3.00 bits per heavy atom. The number of para-hydroxylation sites is 1. The molecule has 1 amide bonds. The fraction of sp³-hybridized carbons (Fsp3) is 0.188. The minimum absolute atomic E-state index is 0.184. The Labute approximate surface area is 136 Å². The van der Waals surface area contributed by atoms with Crippen LogP contribution in [0.3, 0.4) is 0 Å². The van der Waals surface area contributed by atoms with Crippen LogP contribution in [-0.2, 0) is 0 Å². The molecule has 23 heavy (non-hydrogen) atoms. The van der Waals surface area contributed by atoms with Crippen LogP contribution in [0.15, 0.2) is 42.0 Å². The van der Waals surface area contributed by atoms with Crippen molar-refractivity contribution in [2.24, 2.45) is 0 Å². The molecule has 3 aromatic rings. The minimum atomic E-state index is -0.346. The van der Waals surface area contributed by atoms with E-state index in [0.717, 1.165) is 12.0 Å². The van der Waals surface area contributed by atoms with Gasteiger partial charge >= 0.3 is 0 Å². The summed E-state index contributed by atoms with van der Waals surface area (Å²) in [6.45, 7) is 2.61. The molecule has 0 fully saturated rings. The van der Waals surface area contributed by atoms with E-state index in [2.05, 4.69) is 15.4 Å². The van der Waals surface area contributed by atoms with Crippen LogP contribution < -0.4 is 5.32 Å². The predicted molar refractivity (Wildman–Crippen MR) is 87.3 cm³/mol. The van der Waals surface area contributed by atoms with E-state index in [0.29, 0.717) is 22.9 Å². The molecule has 0 aliphatic heterocycles. The highest BCUT2D eigenvalue weighted by molar-refractivity contribution is 7.13. The standard InChI is InChI=1S/C16H15FN4OS/c1-2-7-18-15(22)13-10-23-16(20-13)11-8-19-21(9-11)14-6-4-3-5-12(14)17/h3-6,8-10H,2,7H2,1H3,(H,18,22). The van der Waals surface area contributed by atoms with Gasteiger partial charge < -0.3 is 5.32 Å². The molecule has 2 heterocycles. The van der Waals surface area contributed by atoms with Gasteiger partial charge in [0.15, 0.2) is 0 Å². The third-order valence-corrected chi connectivity index (χ3v) is 4.09. The van der Waals surface area contributed by atoms with E-state index in [1.54, 1.807) is 36.0 Å². The van der Waals surface area contributed by atoms with Crippen molar-refractivity contribution in [1.29, 1.82) is 0 Å². The molecule has 3 rings (SSSR count). The van der Waals surface area contributed by atoms with E-state index in [1.807, 2.05) is 6.92 Å². The molecule has 0 saturated carbocycles. The lowest BCUT2D eigenvalue weighted by Gasteiger charge is -2.01. The molecule has 0 radical (unpaired) electrons. The second kappa shape index (κ2) is 6.70. The number of nitrogens with one attached hydrogen (secondary N) is 1. The lowest BCUT2D eigenvalue weighted by molar-refractivity contribution is 0.0949. The summed E-state index contributed by atoms with van der Waals surface area (Å²) in [5.41, 5.74) is 1.50. The van der Waals surface area contributed by atoms with Crippen molar-refractivity contribution in [1.82, 2.24) is 20.1 Å². The lowest BCUT2D eigenvalue weighted by Crippen LogP contribution is -2.24. The van der Waals surface area contributed by atoms with Crippen molar-refractivity contribution in [3.8, 4) is 16.3 Å². The molecule has 7 heteroatoms. The molecular weight excluding hydrogens is 315 g/mol. The van der Waals surface area contributed by atoms with Gasteiger partial charge in [-0.3, -0.25) is 4.79 Å². The summed E-state index contributed by atoms with van der Waals surface area (Å²) in [6, 6.07) is 6.42. The fourth-order valence-electron chi connectivity index (χ4n) is 2.04. The van der Waals surface area contributed by atoms with Gasteiger partial charge in [0.2, 0.25) is 0 Å². The Balaban J connectivity index is 1.83. The molecule has 0 bridgehead atoms. The molecular formula is C16H15FN4OS. The number of amides is 1. The number of rotatable bonds is 5. The van der Waals surface area contributed by atoms with E-state index >= 15 is 0 Å². The summed E-state index contributed by atoms with van der Waals surface area (Å²) in [5.74, 6) is -0.531. The van der Waals surface area contributed by atoms with Gasteiger partial charge in [-0.1, -0.05) is 19.1 Å². The first-order chi connectivity index (χ1) is 11.2. The summed E-state index contributed by atoms with van der Waals surface area (Å²) in [7, 11) is 0. The van der Waals surface area contributed by atoms with Gasteiger partial charge in [0, 0.05) is 23.7 Å². The van der Waals surface area contributed by atoms with Gasteiger partial charge in [-0.15, -0.1) is 11.3 Å². The van der Waals surface area contributed by atoms with Crippen LogP contribution in [0.25, 0.3) is 16.3 Å². The fourth-order valence-corrected chi connectivity index (χ4v) is 2.82. The van der Waals surface area contributed by atoms with Crippen LogP contribution in [0.2, 0.25) is 0 Å². The Morgan fingerprint density at radius 2 is 2.22 bits per heavy atom. The Morgan fingerprint density at radius 1 is 1.39 bits per heavy atom.